The number of carbonyl (C=O) groups is 1. The lowest BCUT2D eigenvalue weighted by molar-refractivity contribution is -0.118. The molecule has 184 valence electrons. The number of phenols is 1. The normalized spacial score (nSPS) is 11.1. The number of thioether (sulfide) groups is 1. The first-order valence-corrected chi connectivity index (χ1v) is 12.5. The van der Waals surface area contributed by atoms with E-state index in [1.807, 2.05) is 54.8 Å². The van der Waals surface area contributed by atoms with Crippen molar-refractivity contribution >= 4 is 35.5 Å². The van der Waals surface area contributed by atoms with Crippen molar-refractivity contribution in [2.45, 2.75) is 19.0 Å². The first-order chi connectivity index (χ1) is 17.5. The number of carbonyl (C=O) groups excluding carboxylic acids is 1. The first-order valence-electron chi connectivity index (χ1n) is 11.1. The Hall–Kier alpha value is -3.82. The Labute approximate surface area is 218 Å². The molecule has 0 radical (unpaired) electrons. The van der Waals surface area contributed by atoms with Gasteiger partial charge in [-0.25, -0.2) is 5.43 Å². The molecule has 0 saturated heterocycles. The Balaban J connectivity index is 1.49. The Kier molecular flexibility index (Phi) is 8.24. The third-order valence-electron chi connectivity index (χ3n) is 5.08. The molecule has 0 aliphatic carbocycles. The molecule has 1 amide bonds. The molecule has 3 aromatic carbocycles. The van der Waals surface area contributed by atoms with Crippen LogP contribution in [-0.4, -0.2) is 44.4 Å². The van der Waals surface area contributed by atoms with Crippen LogP contribution in [-0.2, 0) is 4.79 Å². The minimum atomic E-state index is -0.330. The molecular formula is C26H24ClN5O3S. The van der Waals surface area contributed by atoms with Crippen molar-refractivity contribution < 1.29 is 14.6 Å². The molecule has 0 unspecified atom stereocenters. The second-order valence-corrected chi connectivity index (χ2v) is 9.07. The van der Waals surface area contributed by atoms with Gasteiger partial charge in [-0.2, -0.15) is 5.10 Å². The predicted octanol–water partition coefficient (Wildman–Crippen LogP) is 5.24. The molecule has 4 rings (SSSR count). The smallest absolute Gasteiger partial charge is 0.250 e. The van der Waals surface area contributed by atoms with Crippen molar-refractivity contribution in [3.8, 4) is 28.6 Å². The zero-order valence-corrected chi connectivity index (χ0v) is 21.3. The van der Waals surface area contributed by atoms with Crippen molar-refractivity contribution in [3.05, 3.63) is 82.9 Å². The number of rotatable bonds is 9. The monoisotopic (exact) mass is 521 g/mol. The summed E-state index contributed by atoms with van der Waals surface area (Å²) in [7, 11) is 0. The van der Waals surface area contributed by atoms with Gasteiger partial charge in [0.15, 0.2) is 22.5 Å². The van der Waals surface area contributed by atoms with E-state index in [1.54, 1.807) is 30.3 Å². The van der Waals surface area contributed by atoms with E-state index in [-0.39, 0.29) is 17.4 Å². The summed E-state index contributed by atoms with van der Waals surface area (Å²) in [5.74, 6) is 0.694. The quantitative estimate of drug-likeness (QED) is 0.177. The van der Waals surface area contributed by atoms with Crippen molar-refractivity contribution in [2.75, 3.05) is 12.4 Å². The van der Waals surface area contributed by atoms with Gasteiger partial charge in [-0.05, 0) is 62.4 Å². The van der Waals surface area contributed by atoms with Crippen LogP contribution in [0.3, 0.4) is 0 Å². The zero-order chi connectivity index (χ0) is 25.5. The molecule has 0 bridgehead atoms. The highest BCUT2D eigenvalue weighted by molar-refractivity contribution is 7.99. The van der Waals surface area contributed by atoms with E-state index in [2.05, 4.69) is 20.7 Å². The van der Waals surface area contributed by atoms with Crippen molar-refractivity contribution in [2.24, 2.45) is 5.10 Å². The van der Waals surface area contributed by atoms with E-state index >= 15 is 0 Å². The standard InChI is InChI=1S/C26H24ClN5O3S/c1-3-35-22-6-4-5-19(24(22)34)15-28-29-23(33)16-36-26-31-30-25(18-9-11-20(27)12-10-18)32(26)21-13-7-17(2)8-14-21/h4-15,34H,3,16H2,1-2H3,(H,29,33)/b28-15+. The Bertz CT molecular complexity index is 1370. The molecule has 0 fully saturated rings. The SMILES string of the molecule is CCOc1cccc(/C=N/NC(=O)CSc2nnc(-c3ccc(Cl)cc3)n2-c2ccc(C)cc2)c1O. The summed E-state index contributed by atoms with van der Waals surface area (Å²) >= 11 is 7.29. The average Bonchev–Trinajstić information content (AvgIpc) is 3.30. The molecule has 36 heavy (non-hydrogen) atoms. The van der Waals surface area contributed by atoms with E-state index in [1.165, 1.54) is 18.0 Å². The highest BCUT2D eigenvalue weighted by Gasteiger charge is 2.17. The van der Waals surface area contributed by atoms with Gasteiger partial charge in [-0.1, -0.05) is 47.1 Å². The van der Waals surface area contributed by atoms with Crippen LogP contribution in [0.15, 0.2) is 77.0 Å². The van der Waals surface area contributed by atoms with Crippen LogP contribution in [0, 0.1) is 6.92 Å². The first kappa shape index (κ1) is 25.3. The molecule has 0 atom stereocenters. The molecule has 0 aliphatic rings. The second-order valence-electron chi connectivity index (χ2n) is 7.69. The number of ether oxygens (including phenoxy) is 1. The number of nitrogens with one attached hydrogen (secondary N) is 1. The molecule has 0 spiro atoms. The Morgan fingerprint density at radius 1 is 1.14 bits per heavy atom. The number of halogens is 1. The Morgan fingerprint density at radius 3 is 2.61 bits per heavy atom. The number of aromatic nitrogens is 3. The molecule has 1 aromatic heterocycles. The van der Waals surface area contributed by atoms with Gasteiger partial charge in [-0.15, -0.1) is 10.2 Å². The van der Waals surface area contributed by atoms with Gasteiger partial charge < -0.3 is 9.84 Å². The molecule has 1 heterocycles. The number of para-hydroxylation sites is 1. The summed E-state index contributed by atoms with van der Waals surface area (Å²) < 4.78 is 7.27. The number of hydrogen-bond donors (Lipinski definition) is 2. The fourth-order valence-electron chi connectivity index (χ4n) is 3.33. The maximum absolute atomic E-state index is 12.5. The largest absolute Gasteiger partial charge is 0.504 e. The fraction of sp³-hybridized carbons (Fsp3) is 0.154. The third kappa shape index (κ3) is 6.05. The zero-order valence-electron chi connectivity index (χ0n) is 19.7. The summed E-state index contributed by atoms with van der Waals surface area (Å²) in [5, 5.41) is 24.1. The lowest BCUT2D eigenvalue weighted by Gasteiger charge is -2.11. The van der Waals surface area contributed by atoms with Crippen LogP contribution in [0.4, 0.5) is 0 Å². The molecule has 10 heteroatoms. The highest BCUT2D eigenvalue weighted by Crippen LogP contribution is 2.30. The van der Waals surface area contributed by atoms with Crippen molar-refractivity contribution in [3.63, 3.8) is 0 Å². The van der Waals surface area contributed by atoms with E-state index in [9.17, 15) is 9.90 Å². The van der Waals surface area contributed by atoms with E-state index in [0.29, 0.717) is 33.9 Å². The van der Waals surface area contributed by atoms with Gasteiger partial charge in [0.05, 0.1) is 18.6 Å². The van der Waals surface area contributed by atoms with Crippen LogP contribution in [0.2, 0.25) is 5.02 Å². The number of amides is 1. The summed E-state index contributed by atoms with van der Waals surface area (Å²) in [6.45, 7) is 4.27. The predicted molar refractivity (Wildman–Crippen MR) is 142 cm³/mol. The molecule has 4 aromatic rings. The third-order valence-corrected chi connectivity index (χ3v) is 6.26. The van der Waals surface area contributed by atoms with Gasteiger partial charge >= 0.3 is 0 Å². The van der Waals surface area contributed by atoms with Gasteiger partial charge in [-0.3, -0.25) is 9.36 Å². The van der Waals surface area contributed by atoms with Crippen LogP contribution < -0.4 is 10.2 Å². The van der Waals surface area contributed by atoms with Gasteiger partial charge in [0, 0.05) is 21.8 Å². The molecule has 0 saturated carbocycles. The summed E-state index contributed by atoms with van der Waals surface area (Å²) in [5.41, 5.74) is 5.76. The van der Waals surface area contributed by atoms with E-state index in [4.69, 9.17) is 16.3 Å². The number of nitrogens with zero attached hydrogens (tertiary/aromatic N) is 4. The summed E-state index contributed by atoms with van der Waals surface area (Å²) in [6.07, 6.45) is 1.37. The molecular weight excluding hydrogens is 498 g/mol. The molecule has 2 N–H and O–H groups in total. The van der Waals surface area contributed by atoms with Gasteiger partial charge in [0.25, 0.3) is 5.91 Å². The molecule has 0 aliphatic heterocycles. The topological polar surface area (TPSA) is 102 Å². The maximum Gasteiger partial charge on any atom is 0.250 e. The van der Waals surface area contributed by atoms with Crippen LogP contribution >= 0.6 is 23.4 Å². The number of aromatic hydroxyl groups is 1. The van der Waals surface area contributed by atoms with Crippen LogP contribution in [0.1, 0.15) is 18.1 Å². The highest BCUT2D eigenvalue weighted by atomic mass is 35.5. The second kappa shape index (κ2) is 11.7. The van der Waals surface area contributed by atoms with Gasteiger partial charge in [0.2, 0.25) is 0 Å². The number of aryl methyl sites for hydroxylation is 1. The number of hydrogen-bond acceptors (Lipinski definition) is 7. The number of phenolic OH excluding ortho intramolecular Hbond substituents is 1. The van der Waals surface area contributed by atoms with Crippen LogP contribution in [0.25, 0.3) is 17.1 Å². The van der Waals surface area contributed by atoms with E-state index in [0.717, 1.165) is 16.8 Å². The van der Waals surface area contributed by atoms with Gasteiger partial charge in [0.1, 0.15) is 0 Å². The minimum absolute atomic E-state index is 0.0346. The summed E-state index contributed by atoms with van der Waals surface area (Å²) in [4.78, 5) is 12.5. The summed E-state index contributed by atoms with van der Waals surface area (Å²) in [6, 6.07) is 20.4. The van der Waals surface area contributed by atoms with Crippen LogP contribution in [0.5, 0.6) is 11.5 Å². The minimum Gasteiger partial charge on any atom is -0.504 e. The van der Waals surface area contributed by atoms with Crippen molar-refractivity contribution in [1.29, 1.82) is 0 Å². The number of hydrazone groups is 1. The van der Waals surface area contributed by atoms with E-state index < -0.39 is 0 Å². The lowest BCUT2D eigenvalue weighted by Crippen LogP contribution is -2.20. The molecule has 8 nitrogen and oxygen atoms in total. The maximum atomic E-state index is 12.5. The number of benzene rings is 3. The van der Waals surface area contributed by atoms with Crippen molar-refractivity contribution in [1.82, 2.24) is 20.2 Å². The fourth-order valence-corrected chi connectivity index (χ4v) is 4.20. The lowest BCUT2D eigenvalue weighted by atomic mass is 10.2. The average molecular weight is 522 g/mol. The Morgan fingerprint density at radius 2 is 1.89 bits per heavy atom.